The Morgan fingerprint density at radius 1 is 1.00 bits per heavy atom. The van der Waals surface area contributed by atoms with Crippen LogP contribution < -0.4 is 0 Å². The molecule has 0 N–H and O–H groups in total. The Kier molecular flexibility index (Phi) is 4.57. The second kappa shape index (κ2) is 7.33. The quantitative estimate of drug-likeness (QED) is 0.548. The van der Waals surface area contributed by atoms with Crippen LogP contribution in [0.4, 0.5) is 0 Å². The summed E-state index contributed by atoms with van der Waals surface area (Å²) in [5.74, 6) is -0.137. The molecule has 3 aromatic heterocycles. The highest BCUT2D eigenvalue weighted by Gasteiger charge is 2.21. The minimum absolute atomic E-state index is 0.137. The first-order valence-corrected chi connectivity index (χ1v) is 8.63. The molecule has 0 aliphatic heterocycles. The number of aryl methyl sites for hydroxylation is 1. The average molecular weight is 358 g/mol. The second-order valence-electron chi connectivity index (χ2n) is 6.29. The number of rotatable bonds is 5. The molecule has 0 spiro atoms. The molecule has 0 unspecified atom stereocenters. The van der Waals surface area contributed by atoms with E-state index in [2.05, 4.69) is 20.5 Å². The SMILES string of the molecule is Cc1cccc(CN(Cc2ccccc2)C(=O)c2cccn3nnnc23)n1. The molecule has 7 heteroatoms. The van der Waals surface area contributed by atoms with Crippen LogP contribution in [0, 0.1) is 6.92 Å². The minimum Gasteiger partial charge on any atom is -0.328 e. The van der Waals surface area contributed by atoms with E-state index in [0.29, 0.717) is 24.3 Å². The van der Waals surface area contributed by atoms with Gasteiger partial charge in [0.1, 0.15) is 0 Å². The van der Waals surface area contributed by atoms with Gasteiger partial charge in [0.2, 0.25) is 0 Å². The number of tetrazole rings is 1. The first-order valence-electron chi connectivity index (χ1n) is 8.63. The molecule has 27 heavy (non-hydrogen) atoms. The number of amides is 1. The summed E-state index contributed by atoms with van der Waals surface area (Å²) < 4.78 is 1.50. The highest BCUT2D eigenvalue weighted by Crippen LogP contribution is 2.16. The van der Waals surface area contributed by atoms with Crippen LogP contribution in [0.15, 0.2) is 66.9 Å². The zero-order chi connectivity index (χ0) is 18.6. The molecule has 0 saturated carbocycles. The molecule has 0 aliphatic carbocycles. The molecule has 4 aromatic rings. The summed E-state index contributed by atoms with van der Waals surface area (Å²) in [4.78, 5) is 19.6. The Morgan fingerprint density at radius 3 is 2.67 bits per heavy atom. The number of hydrogen-bond acceptors (Lipinski definition) is 5. The zero-order valence-electron chi connectivity index (χ0n) is 14.9. The highest BCUT2D eigenvalue weighted by atomic mass is 16.2. The van der Waals surface area contributed by atoms with Gasteiger partial charge in [-0.05, 0) is 47.2 Å². The van der Waals surface area contributed by atoms with E-state index in [1.807, 2.05) is 55.5 Å². The van der Waals surface area contributed by atoms with Crippen LogP contribution in [-0.4, -0.2) is 35.8 Å². The summed E-state index contributed by atoms with van der Waals surface area (Å²) in [7, 11) is 0. The number of carbonyl (C=O) groups is 1. The van der Waals surface area contributed by atoms with Crippen molar-refractivity contribution >= 4 is 11.6 Å². The van der Waals surface area contributed by atoms with Gasteiger partial charge in [0.15, 0.2) is 5.65 Å². The smallest absolute Gasteiger partial charge is 0.258 e. The van der Waals surface area contributed by atoms with Crippen molar-refractivity contribution in [1.29, 1.82) is 0 Å². The van der Waals surface area contributed by atoms with Crippen molar-refractivity contribution in [2.45, 2.75) is 20.0 Å². The van der Waals surface area contributed by atoms with Crippen LogP contribution >= 0.6 is 0 Å². The van der Waals surface area contributed by atoms with E-state index in [9.17, 15) is 4.79 Å². The Balaban J connectivity index is 1.70. The summed E-state index contributed by atoms with van der Waals surface area (Å²) in [5, 5.41) is 11.5. The molecule has 0 atom stereocenters. The third kappa shape index (κ3) is 3.67. The Morgan fingerprint density at radius 2 is 1.85 bits per heavy atom. The zero-order valence-corrected chi connectivity index (χ0v) is 14.9. The van der Waals surface area contributed by atoms with Gasteiger partial charge < -0.3 is 4.90 Å². The van der Waals surface area contributed by atoms with Crippen LogP contribution in [0.1, 0.15) is 27.3 Å². The van der Waals surface area contributed by atoms with Crippen LogP contribution in [0.3, 0.4) is 0 Å². The van der Waals surface area contributed by atoms with E-state index in [4.69, 9.17) is 0 Å². The molecule has 0 radical (unpaired) electrons. The molecule has 1 aromatic carbocycles. The van der Waals surface area contributed by atoms with Gasteiger partial charge in [0.05, 0.1) is 17.8 Å². The fraction of sp³-hybridized carbons (Fsp3) is 0.150. The molecule has 0 bridgehead atoms. The van der Waals surface area contributed by atoms with Gasteiger partial charge >= 0.3 is 0 Å². The first kappa shape index (κ1) is 16.8. The van der Waals surface area contributed by atoms with Crippen molar-refractivity contribution in [3.8, 4) is 0 Å². The van der Waals surface area contributed by atoms with Crippen molar-refractivity contribution < 1.29 is 4.79 Å². The summed E-state index contributed by atoms with van der Waals surface area (Å²) in [5.41, 5.74) is 3.71. The molecule has 0 fully saturated rings. The van der Waals surface area contributed by atoms with Gasteiger partial charge in [0.25, 0.3) is 5.91 Å². The lowest BCUT2D eigenvalue weighted by molar-refractivity contribution is 0.0729. The number of fused-ring (bicyclic) bond motifs is 1. The van der Waals surface area contributed by atoms with Crippen LogP contribution in [-0.2, 0) is 13.1 Å². The maximum atomic E-state index is 13.3. The van der Waals surface area contributed by atoms with Gasteiger partial charge in [-0.3, -0.25) is 9.78 Å². The number of aromatic nitrogens is 5. The topological polar surface area (TPSA) is 76.3 Å². The van der Waals surface area contributed by atoms with Gasteiger partial charge in [0, 0.05) is 18.4 Å². The first-order chi connectivity index (χ1) is 13.2. The summed E-state index contributed by atoms with van der Waals surface area (Å²) >= 11 is 0. The highest BCUT2D eigenvalue weighted by molar-refractivity contribution is 5.99. The number of nitrogens with zero attached hydrogens (tertiary/aromatic N) is 6. The second-order valence-corrected chi connectivity index (χ2v) is 6.29. The van der Waals surface area contributed by atoms with E-state index in [1.165, 1.54) is 4.52 Å². The predicted molar refractivity (Wildman–Crippen MR) is 99.8 cm³/mol. The van der Waals surface area contributed by atoms with Gasteiger partial charge in [-0.15, -0.1) is 5.10 Å². The molecule has 1 amide bonds. The molecular formula is C20H18N6O. The average Bonchev–Trinajstić information content (AvgIpc) is 3.17. The molecule has 4 rings (SSSR count). The number of pyridine rings is 2. The summed E-state index contributed by atoms with van der Waals surface area (Å²) in [6.45, 7) is 2.81. The Hall–Kier alpha value is -3.61. The third-order valence-electron chi connectivity index (χ3n) is 4.26. The molecule has 7 nitrogen and oxygen atoms in total. The van der Waals surface area contributed by atoms with Crippen molar-refractivity contribution in [1.82, 2.24) is 29.9 Å². The van der Waals surface area contributed by atoms with Crippen LogP contribution in [0.2, 0.25) is 0 Å². The van der Waals surface area contributed by atoms with Crippen molar-refractivity contribution in [2.24, 2.45) is 0 Å². The lowest BCUT2D eigenvalue weighted by Gasteiger charge is -2.23. The van der Waals surface area contributed by atoms with E-state index in [0.717, 1.165) is 17.0 Å². The summed E-state index contributed by atoms with van der Waals surface area (Å²) in [6, 6.07) is 19.2. The lowest BCUT2D eigenvalue weighted by atomic mass is 10.1. The van der Waals surface area contributed by atoms with Gasteiger partial charge in [-0.1, -0.05) is 36.4 Å². The largest absolute Gasteiger partial charge is 0.328 e. The maximum absolute atomic E-state index is 13.3. The standard InChI is InChI=1S/C20H18N6O/c1-15-7-5-10-17(21-15)14-25(13-16-8-3-2-4-9-16)20(27)18-11-6-12-26-19(18)22-23-24-26/h2-12H,13-14H2,1H3. The number of carbonyl (C=O) groups excluding carboxylic acids is 1. The molecule has 134 valence electrons. The Bertz CT molecular complexity index is 1080. The minimum atomic E-state index is -0.137. The van der Waals surface area contributed by atoms with Crippen molar-refractivity contribution in [2.75, 3.05) is 0 Å². The number of benzene rings is 1. The van der Waals surface area contributed by atoms with E-state index in [1.54, 1.807) is 23.2 Å². The van der Waals surface area contributed by atoms with Gasteiger partial charge in [-0.2, -0.15) is 4.52 Å². The van der Waals surface area contributed by atoms with Crippen LogP contribution in [0.25, 0.3) is 5.65 Å². The lowest BCUT2D eigenvalue weighted by Crippen LogP contribution is -2.31. The normalized spacial score (nSPS) is 10.9. The van der Waals surface area contributed by atoms with Crippen molar-refractivity contribution in [3.63, 3.8) is 0 Å². The maximum Gasteiger partial charge on any atom is 0.258 e. The van der Waals surface area contributed by atoms with E-state index >= 15 is 0 Å². The fourth-order valence-electron chi connectivity index (χ4n) is 2.99. The van der Waals surface area contributed by atoms with E-state index < -0.39 is 0 Å². The monoisotopic (exact) mass is 358 g/mol. The van der Waals surface area contributed by atoms with Crippen LogP contribution in [0.5, 0.6) is 0 Å². The van der Waals surface area contributed by atoms with Crippen molar-refractivity contribution in [3.05, 3.63) is 89.4 Å². The molecule has 0 aliphatic rings. The third-order valence-corrected chi connectivity index (χ3v) is 4.26. The molecule has 3 heterocycles. The fourth-order valence-corrected chi connectivity index (χ4v) is 2.99. The van der Waals surface area contributed by atoms with Gasteiger partial charge in [-0.25, -0.2) is 0 Å². The van der Waals surface area contributed by atoms with E-state index in [-0.39, 0.29) is 5.91 Å². The predicted octanol–water partition coefficient (Wildman–Crippen LogP) is 2.67. The number of hydrogen-bond donors (Lipinski definition) is 0. The Labute approximate surface area is 156 Å². The molecular weight excluding hydrogens is 340 g/mol. The summed E-state index contributed by atoms with van der Waals surface area (Å²) in [6.07, 6.45) is 1.72. The molecule has 0 saturated heterocycles.